The molecule has 0 aromatic heterocycles. The summed E-state index contributed by atoms with van der Waals surface area (Å²) in [7, 11) is 0. The van der Waals surface area contributed by atoms with Crippen LogP contribution in [0.5, 0.6) is 0 Å². The van der Waals surface area contributed by atoms with Crippen LogP contribution in [0.2, 0.25) is 0 Å². The molecule has 1 atom stereocenters. The summed E-state index contributed by atoms with van der Waals surface area (Å²) in [5.74, 6) is -0.905. The maximum absolute atomic E-state index is 12.0. The van der Waals surface area contributed by atoms with Gasteiger partial charge in [0.05, 0.1) is 19.4 Å². The number of ether oxygens (including phenoxy) is 2. The van der Waals surface area contributed by atoms with E-state index in [1.165, 1.54) is 0 Å². The van der Waals surface area contributed by atoms with E-state index in [9.17, 15) is 14.7 Å². The minimum absolute atomic E-state index is 0.0952. The van der Waals surface area contributed by atoms with Gasteiger partial charge in [-0.2, -0.15) is 0 Å². The lowest BCUT2D eigenvalue weighted by atomic mass is 10.2. The summed E-state index contributed by atoms with van der Waals surface area (Å²) in [6, 6.07) is 0. The molecule has 0 fully saturated rings. The zero-order valence-corrected chi connectivity index (χ0v) is 27.1. The zero-order chi connectivity index (χ0) is 32.2. The minimum atomic E-state index is -0.873. The molecule has 0 aliphatic carbocycles. The Morgan fingerprint density at radius 1 is 0.477 bits per heavy atom. The number of esters is 2. The third kappa shape index (κ3) is 31.2. The molecule has 1 N–H and O–H groups in total. The van der Waals surface area contributed by atoms with Crippen LogP contribution in [0.4, 0.5) is 0 Å². The lowest BCUT2D eigenvalue weighted by Crippen LogP contribution is -2.28. The average Bonchev–Trinajstić information content (AvgIpc) is 3.02. The molecule has 0 bridgehead atoms. The van der Waals surface area contributed by atoms with E-state index in [0.29, 0.717) is 0 Å². The molecule has 0 rings (SSSR count). The smallest absolute Gasteiger partial charge is 0.310 e. The van der Waals surface area contributed by atoms with Crippen LogP contribution in [0, 0.1) is 0 Å². The van der Waals surface area contributed by atoms with E-state index in [-0.39, 0.29) is 19.4 Å². The number of aliphatic hydroxyl groups is 1. The van der Waals surface area contributed by atoms with Crippen molar-refractivity contribution in [3.8, 4) is 0 Å². The predicted octanol–water partition coefficient (Wildman–Crippen LogP) is 9.72. The van der Waals surface area contributed by atoms with Gasteiger partial charge >= 0.3 is 11.9 Å². The van der Waals surface area contributed by atoms with Gasteiger partial charge in [-0.25, -0.2) is 0 Å². The lowest BCUT2D eigenvalue weighted by molar-refractivity contribution is -0.160. The summed E-state index contributed by atoms with van der Waals surface area (Å²) in [6.45, 7) is 3.69. The summed E-state index contributed by atoms with van der Waals surface area (Å²) in [5, 5.41) is 9.47. The number of hydrogen-bond acceptors (Lipinski definition) is 5. The maximum atomic E-state index is 12.0. The first kappa shape index (κ1) is 40.3. The Morgan fingerprint density at radius 2 is 0.773 bits per heavy atom. The fourth-order valence-corrected chi connectivity index (χ4v) is 3.46. The molecule has 44 heavy (non-hydrogen) atoms. The third-order valence-electron chi connectivity index (χ3n) is 5.82. The second-order valence-electron chi connectivity index (χ2n) is 9.80. The summed E-state index contributed by atoms with van der Waals surface area (Å²) >= 11 is 0. The fourth-order valence-electron chi connectivity index (χ4n) is 3.46. The first-order valence-electron chi connectivity index (χ1n) is 16.1. The highest BCUT2D eigenvalue weighted by Gasteiger charge is 2.15. The van der Waals surface area contributed by atoms with Crippen molar-refractivity contribution in [1.29, 1.82) is 0 Å². The number of hydrogen-bond donors (Lipinski definition) is 1. The van der Waals surface area contributed by atoms with Gasteiger partial charge in [-0.15, -0.1) is 0 Å². The van der Waals surface area contributed by atoms with E-state index in [0.717, 1.165) is 64.2 Å². The Morgan fingerprint density at radius 3 is 1.09 bits per heavy atom. The van der Waals surface area contributed by atoms with Crippen molar-refractivity contribution in [1.82, 2.24) is 0 Å². The average molecular weight is 605 g/mol. The molecular formula is C39H56O5. The topological polar surface area (TPSA) is 72.8 Å². The first-order chi connectivity index (χ1) is 21.6. The molecular weight excluding hydrogens is 548 g/mol. The van der Waals surface area contributed by atoms with Crippen LogP contribution in [-0.4, -0.2) is 36.4 Å². The number of allylic oxidation sites excluding steroid dienone is 18. The Balaban J connectivity index is 3.95. The Bertz CT molecular complexity index is 1000. The van der Waals surface area contributed by atoms with E-state index in [1.54, 1.807) is 12.2 Å². The van der Waals surface area contributed by atoms with Gasteiger partial charge in [-0.05, 0) is 64.2 Å². The largest absolute Gasteiger partial charge is 0.461 e. The van der Waals surface area contributed by atoms with Gasteiger partial charge < -0.3 is 14.6 Å². The number of carbonyl (C=O) groups is 2. The molecule has 0 aliphatic rings. The molecule has 0 radical (unpaired) electrons. The Hall–Kier alpha value is -3.70. The quantitative estimate of drug-likeness (QED) is 0.0786. The van der Waals surface area contributed by atoms with E-state index in [4.69, 9.17) is 9.47 Å². The lowest BCUT2D eigenvalue weighted by Gasteiger charge is -2.14. The SMILES string of the molecule is CC/C=C\C/C=C\C/C=C\C/C=C\C/C=C\CC(=O)OCC(CO)OC(=O)C/C=C\C/C=C\C/C=C\C/C=C\C/C=C\CC. The van der Waals surface area contributed by atoms with E-state index in [2.05, 4.69) is 105 Å². The summed E-state index contributed by atoms with van der Waals surface area (Å²) in [5.41, 5.74) is 0. The van der Waals surface area contributed by atoms with E-state index in [1.807, 2.05) is 18.2 Å². The highest BCUT2D eigenvalue weighted by Crippen LogP contribution is 2.02. The van der Waals surface area contributed by atoms with Crippen LogP contribution in [0.25, 0.3) is 0 Å². The van der Waals surface area contributed by atoms with Crippen LogP contribution in [0.3, 0.4) is 0 Å². The molecule has 0 saturated carbocycles. The highest BCUT2D eigenvalue weighted by atomic mass is 16.6. The third-order valence-corrected chi connectivity index (χ3v) is 5.82. The molecule has 0 aliphatic heterocycles. The van der Waals surface area contributed by atoms with Crippen molar-refractivity contribution >= 4 is 11.9 Å². The van der Waals surface area contributed by atoms with Gasteiger partial charge in [0.1, 0.15) is 6.61 Å². The van der Waals surface area contributed by atoms with Gasteiger partial charge in [0.2, 0.25) is 0 Å². The molecule has 0 aromatic rings. The van der Waals surface area contributed by atoms with E-state index >= 15 is 0 Å². The summed E-state index contributed by atoms with van der Waals surface area (Å²) < 4.78 is 10.4. The standard InChI is InChI=1S/C39H56O5/c1-3-5-7-9-11-13-15-17-19-21-23-25-27-29-31-33-38(41)43-36-37(35-40)44-39(42)34-32-30-28-26-24-22-20-18-16-14-12-10-8-6-4-2/h5-8,11-14,17-20,23-26,29-32,37,40H,3-4,9-10,15-16,21-22,27-28,33-36H2,1-2H3/b7-5-,8-6-,13-11-,14-12-,19-17-,20-18-,25-23-,26-24-,31-29-,32-30-. The van der Waals surface area contributed by atoms with Gasteiger partial charge in [0.25, 0.3) is 0 Å². The molecule has 5 heteroatoms. The number of aliphatic hydroxyl groups excluding tert-OH is 1. The number of rotatable bonds is 26. The molecule has 0 amide bonds. The normalized spacial score (nSPS) is 13.8. The van der Waals surface area contributed by atoms with Crippen molar-refractivity contribution in [2.45, 2.75) is 97.0 Å². The molecule has 242 valence electrons. The van der Waals surface area contributed by atoms with Crippen LogP contribution < -0.4 is 0 Å². The van der Waals surface area contributed by atoms with Gasteiger partial charge in [0.15, 0.2) is 6.10 Å². The first-order valence-corrected chi connectivity index (χ1v) is 16.1. The van der Waals surface area contributed by atoms with Gasteiger partial charge in [0, 0.05) is 0 Å². The molecule has 0 heterocycles. The molecule has 0 spiro atoms. The summed E-state index contributed by atoms with van der Waals surface area (Å²) in [4.78, 5) is 24.0. The maximum Gasteiger partial charge on any atom is 0.310 e. The Kier molecular flexibility index (Phi) is 31.0. The molecule has 5 nitrogen and oxygen atoms in total. The highest BCUT2D eigenvalue weighted by molar-refractivity contribution is 5.72. The Labute approximate surface area is 267 Å². The zero-order valence-electron chi connectivity index (χ0n) is 27.1. The molecule has 1 unspecified atom stereocenters. The molecule has 0 aromatic carbocycles. The van der Waals surface area contributed by atoms with Crippen molar-refractivity contribution < 1.29 is 24.2 Å². The van der Waals surface area contributed by atoms with Crippen molar-refractivity contribution in [2.75, 3.05) is 13.2 Å². The minimum Gasteiger partial charge on any atom is -0.461 e. The van der Waals surface area contributed by atoms with Crippen molar-refractivity contribution in [3.05, 3.63) is 122 Å². The number of carbonyl (C=O) groups excluding carboxylic acids is 2. The fraction of sp³-hybridized carbons (Fsp3) is 0.436. The van der Waals surface area contributed by atoms with Crippen LogP contribution in [-0.2, 0) is 19.1 Å². The van der Waals surface area contributed by atoms with Crippen LogP contribution in [0.15, 0.2) is 122 Å². The van der Waals surface area contributed by atoms with Gasteiger partial charge in [-0.1, -0.05) is 135 Å². The summed E-state index contributed by atoms with van der Waals surface area (Å²) in [6.07, 6.45) is 50.1. The van der Waals surface area contributed by atoms with Gasteiger partial charge in [-0.3, -0.25) is 9.59 Å². The second kappa shape index (κ2) is 33.8. The van der Waals surface area contributed by atoms with E-state index < -0.39 is 24.6 Å². The van der Waals surface area contributed by atoms with Crippen LogP contribution in [0.1, 0.15) is 90.9 Å². The van der Waals surface area contributed by atoms with Crippen molar-refractivity contribution in [3.63, 3.8) is 0 Å². The van der Waals surface area contributed by atoms with Crippen LogP contribution >= 0.6 is 0 Å². The molecule has 0 saturated heterocycles. The monoisotopic (exact) mass is 604 g/mol. The predicted molar refractivity (Wildman–Crippen MR) is 186 cm³/mol. The van der Waals surface area contributed by atoms with Crippen molar-refractivity contribution in [2.24, 2.45) is 0 Å². The second-order valence-corrected chi connectivity index (χ2v) is 9.80.